The zero-order chi connectivity index (χ0) is 8.36. The van der Waals surface area contributed by atoms with Gasteiger partial charge in [-0.15, -0.1) is 0 Å². The van der Waals surface area contributed by atoms with Gasteiger partial charge in [0.15, 0.2) is 0 Å². The van der Waals surface area contributed by atoms with Crippen molar-refractivity contribution in [1.82, 2.24) is 0 Å². The number of rotatable bonds is 3. The smallest absolute Gasteiger partial charge is 0.00183 e. The lowest BCUT2D eigenvalue weighted by atomic mass is 9.71. The number of nitrogens with two attached hydrogens (primary N) is 1. The molecule has 1 heteroatoms. The Hall–Kier alpha value is -0.0400. The molecule has 0 heterocycles. The Balaban J connectivity index is 4.23. The maximum absolute atomic E-state index is 5.71. The summed E-state index contributed by atoms with van der Waals surface area (Å²) in [6.45, 7) is 12.0. The Kier molecular flexibility index (Phi) is 3.37. The van der Waals surface area contributed by atoms with Gasteiger partial charge in [-0.25, -0.2) is 0 Å². The van der Waals surface area contributed by atoms with Gasteiger partial charge in [-0.1, -0.05) is 34.6 Å². The molecule has 0 aromatic carbocycles. The fraction of sp³-hybridized carbons (Fsp3) is 1.00. The van der Waals surface area contributed by atoms with Crippen molar-refractivity contribution >= 4 is 0 Å². The highest BCUT2D eigenvalue weighted by atomic mass is 14.6. The minimum Gasteiger partial charge on any atom is -0.330 e. The van der Waals surface area contributed by atoms with Crippen LogP contribution < -0.4 is 5.73 Å². The molecule has 0 fully saturated rings. The molecule has 0 spiro atoms. The molecular formula is C9H21N. The van der Waals surface area contributed by atoms with Gasteiger partial charge in [0.25, 0.3) is 0 Å². The van der Waals surface area contributed by atoms with Gasteiger partial charge in [0, 0.05) is 0 Å². The first-order valence-corrected chi connectivity index (χ1v) is 4.15. The van der Waals surface area contributed by atoms with E-state index in [9.17, 15) is 0 Å². The van der Waals surface area contributed by atoms with Crippen molar-refractivity contribution in [2.24, 2.45) is 23.0 Å². The van der Waals surface area contributed by atoms with Crippen molar-refractivity contribution in [3.05, 3.63) is 0 Å². The quantitative estimate of drug-likeness (QED) is 0.644. The van der Waals surface area contributed by atoms with Crippen LogP contribution in [0.25, 0.3) is 0 Å². The molecule has 10 heavy (non-hydrogen) atoms. The minimum absolute atomic E-state index is 0.319. The SMILES string of the molecule is CC(C)C(C)(CN)C(C)C. The topological polar surface area (TPSA) is 26.0 Å². The maximum Gasteiger partial charge on any atom is -0.00183 e. The molecule has 1 nitrogen and oxygen atoms in total. The van der Waals surface area contributed by atoms with E-state index < -0.39 is 0 Å². The highest BCUT2D eigenvalue weighted by Gasteiger charge is 2.29. The summed E-state index contributed by atoms with van der Waals surface area (Å²) in [5.74, 6) is 1.36. The third-order valence-corrected chi connectivity index (χ3v) is 3.08. The summed E-state index contributed by atoms with van der Waals surface area (Å²) in [5, 5.41) is 0. The third kappa shape index (κ3) is 1.72. The highest BCUT2D eigenvalue weighted by Crippen LogP contribution is 2.33. The fourth-order valence-corrected chi connectivity index (χ4v) is 1.14. The molecule has 0 unspecified atom stereocenters. The normalized spacial score (nSPS) is 13.2. The van der Waals surface area contributed by atoms with Gasteiger partial charge >= 0.3 is 0 Å². The Morgan fingerprint density at radius 3 is 1.40 bits per heavy atom. The van der Waals surface area contributed by atoms with E-state index in [0.29, 0.717) is 17.3 Å². The van der Waals surface area contributed by atoms with Crippen LogP contribution in [0, 0.1) is 17.3 Å². The Labute approximate surface area is 65.0 Å². The van der Waals surface area contributed by atoms with E-state index in [4.69, 9.17) is 5.73 Å². The van der Waals surface area contributed by atoms with Crippen LogP contribution in [-0.2, 0) is 0 Å². The largest absolute Gasteiger partial charge is 0.330 e. The van der Waals surface area contributed by atoms with Crippen molar-refractivity contribution in [2.45, 2.75) is 34.6 Å². The van der Waals surface area contributed by atoms with Gasteiger partial charge in [0.2, 0.25) is 0 Å². The van der Waals surface area contributed by atoms with Gasteiger partial charge in [-0.05, 0) is 23.8 Å². The maximum atomic E-state index is 5.71. The van der Waals surface area contributed by atoms with E-state index in [1.165, 1.54) is 0 Å². The monoisotopic (exact) mass is 143 g/mol. The van der Waals surface area contributed by atoms with Crippen LogP contribution in [0.3, 0.4) is 0 Å². The second-order valence-corrected chi connectivity index (χ2v) is 4.02. The van der Waals surface area contributed by atoms with Crippen LogP contribution >= 0.6 is 0 Å². The summed E-state index contributed by atoms with van der Waals surface area (Å²) < 4.78 is 0. The van der Waals surface area contributed by atoms with Crippen molar-refractivity contribution in [3.63, 3.8) is 0 Å². The van der Waals surface area contributed by atoms with Gasteiger partial charge < -0.3 is 5.73 Å². The zero-order valence-electron chi connectivity index (χ0n) is 7.94. The third-order valence-electron chi connectivity index (χ3n) is 3.08. The molecule has 0 bridgehead atoms. The van der Waals surface area contributed by atoms with Crippen LogP contribution in [0.2, 0.25) is 0 Å². The Bertz CT molecular complexity index is 86.9. The standard InChI is InChI=1S/C9H21N/c1-7(2)9(5,6-10)8(3)4/h7-8H,6,10H2,1-5H3. The molecule has 0 aromatic rings. The van der Waals surface area contributed by atoms with E-state index in [-0.39, 0.29) is 0 Å². The predicted octanol–water partition coefficient (Wildman–Crippen LogP) is 2.26. The molecule has 0 saturated carbocycles. The molecule has 0 saturated heterocycles. The second-order valence-electron chi connectivity index (χ2n) is 4.02. The fourth-order valence-electron chi connectivity index (χ4n) is 1.14. The Morgan fingerprint density at radius 2 is 1.40 bits per heavy atom. The highest BCUT2D eigenvalue weighted by molar-refractivity contribution is 4.81. The molecule has 0 amide bonds. The summed E-state index contributed by atoms with van der Waals surface area (Å²) in [5.41, 5.74) is 6.03. The van der Waals surface area contributed by atoms with E-state index in [2.05, 4.69) is 34.6 Å². The molecule has 0 radical (unpaired) electrons. The summed E-state index contributed by atoms with van der Waals surface area (Å²) in [6, 6.07) is 0. The second kappa shape index (κ2) is 3.38. The molecule has 0 aliphatic rings. The average molecular weight is 143 g/mol. The molecule has 0 rings (SSSR count). The summed E-state index contributed by atoms with van der Waals surface area (Å²) >= 11 is 0. The number of hydrogen-bond acceptors (Lipinski definition) is 1. The first kappa shape index (κ1) is 9.96. The lowest BCUT2D eigenvalue weighted by molar-refractivity contribution is 0.149. The summed E-state index contributed by atoms with van der Waals surface area (Å²) in [4.78, 5) is 0. The Morgan fingerprint density at radius 1 is 1.10 bits per heavy atom. The van der Waals surface area contributed by atoms with Crippen LogP contribution in [0.15, 0.2) is 0 Å². The molecule has 0 aromatic heterocycles. The van der Waals surface area contributed by atoms with Crippen LogP contribution in [0.1, 0.15) is 34.6 Å². The van der Waals surface area contributed by atoms with Crippen LogP contribution in [0.5, 0.6) is 0 Å². The predicted molar refractivity (Wildman–Crippen MR) is 46.8 cm³/mol. The lowest BCUT2D eigenvalue weighted by Crippen LogP contribution is -2.37. The zero-order valence-corrected chi connectivity index (χ0v) is 7.94. The molecule has 62 valence electrons. The van der Waals surface area contributed by atoms with Crippen molar-refractivity contribution in [2.75, 3.05) is 6.54 Å². The first-order chi connectivity index (χ1) is 4.45. The van der Waals surface area contributed by atoms with Crippen molar-refractivity contribution < 1.29 is 0 Å². The molecule has 0 aliphatic carbocycles. The average Bonchev–Trinajstić information content (AvgIpc) is 1.85. The van der Waals surface area contributed by atoms with Gasteiger partial charge in [-0.3, -0.25) is 0 Å². The molecule has 0 atom stereocenters. The summed E-state index contributed by atoms with van der Waals surface area (Å²) in [6.07, 6.45) is 0. The van der Waals surface area contributed by atoms with E-state index in [1.54, 1.807) is 0 Å². The van der Waals surface area contributed by atoms with Crippen LogP contribution in [-0.4, -0.2) is 6.54 Å². The first-order valence-electron chi connectivity index (χ1n) is 4.15. The van der Waals surface area contributed by atoms with Crippen molar-refractivity contribution in [1.29, 1.82) is 0 Å². The lowest BCUT2D eigenvalue weighted by Gasteiger charge is -2.36. The van der Waals surface area contributed by atoms with E-state index >= 15 is 0 Å². The molecule has 2 N–H and O–H groups in total. The van der Waals surface area contributed by atoms with E-state index in [1.807, 2.05) is 0 Å². The summed E-state index contributed by atoms with van der Waals surface area (Å²) in [7, 11) is 0. The molecule has 0 aliphatic heterocycles. The number of hydrogen-bond donors (Lipinski definition) is 1. The van der Waals surface area contributed by atoms with Crippen molar-refractivity contribution in [3.8, 4) is 0 Å². The minimum atomic E-state index is 0.319. The van der Waals surface area contributed by atoms with Gasteiger partial charge in [0.05, 0.1) is 0 Å². The van der Waals surface area contributed by atoms with Gasteiger partial charge in [0.1, 0.15) is 0 Å². The van der Waals surface area contributed by atoms with E-state index in [0.717, 1.165) is 6.54 Å². The molecular weight excluding hydrogens is 122 g/mol. The van der Waals surface area contributed by atoms with Crippen LogP contribution in [0.4, 0.5) is 0 Å². The van der Waals surface area contributed by atoms with Gasteiger partial charge in [-0.2, -0.15) is 0 Å².